The number of ether oxygens (including phenoxy) is 1. The number of carbonyl (C=O) groups is 1. The van der Waals surface area contributed by atoms with Gasteiger partial charge in [-0.05, 0) is 94.3 Å². The number of fused-ring (bicyclic) bond motifs is 2. The predicted molar refractivity (Wildman–Crippen MR) is 230 cm³/mol. The summed E-state index contributed by atoms with van der Waals surface area (Å²) in [6, 6.07) is 8.11. The Morgan fingerprint density at radius 2 is 1.27 bits per heavy atom. The summed E-state index contributed by atoms with van der Waals surface area (Å²) in [5, 5.41) is 10.6. The van der Waals surface area contributed by atoms with Crippen LogP contribution in [0.1, 0.15) is 76.3 Å². The van der Waals surface area contributed by atoms with Crippen molar-refractivity contribution in [3.8, 4) is 0 Å². The lowest BCUT2D eigenvalue weighted by atomic mass is 9.76. The Hall–Kier alpha value is -4.10. The van der Waals surface area contributed by atoms with E-state index in [1.54, 1.807) is 62.4 Å². The molecule has 0 aromatic heterocycles. The number of allylic oxidation sites excluding steroid dienone is 8. The van der Waals surface area contributed by atoms with Crippen LogP contribution in [0.25, 0.3) is 0 Å². The normalized spacial score (nSPS) is 20.4. The summed E-state index contributed by atoms with van der Waals surface area (Å²) in [4.78, 5) is 16.4. The fourth-order valence-corrected chi connectivity index (χ4v) is 9.80. The van der Waals surface area contributed by atoms with Gasteiger partial charge in [-0.25, -0.2) is 5.06 Å². The van der Waals surface area contributed by atoms with Gasteiger partial charge >= 0.3 is 5.97 Å². The molecule has 0 saturated carbocycles. The number of unbranched alkanes of at least 4 members (excludes halogenated alkanes) is 2. The van der Waals surface area contributed by atoms with Crippen LogP contribution in [0.4, 0.5) is 11.4 Å². The molecule has 2 heterocycles. The number of rotatable bonds is 24. The zero-order chi connectivity index (χ0) is 46.1. The molecular weight excluding hydrogens is 893 g/mol. The van der Waals surface area contributed by atoms with Gasteiger partial charge in [-0.15, -0.1) is 0 Å². The summed E-state index contributed by atoms with van der Waals surface area (Å²) >= 11 is 0. The molecule has 0 fully saturated rings. The van der Waals surface area contributed by atoms with Crippen molar-refractivity contribution in [2.24, 2.45) is 0 Å². The van der Waals surface area contributed by atoms with Gasteiger partial charge in [-0.2, -0.15) is 38.2 Å². The first kappa shape index (κ1) is 50.5. The van der Waals surface area contributed by atoms with E-state index in [1.807, 2.05) is 4.58 Å². The molecule has 0 amide bonds. The van der Waals surface area contributed by atoms with Crippen molar-refractivity contribution in [3.63, 3.8) is 0 Å². The number of benzene rings is 2. The molecule has 0 radical (unpaired) electrons. The lowest BCUT2D eigenvalue weighted by Crippen LogP contribution is -2.32. The second-order valence-electron chi connectivity index (χ2n) is 15.3. The molecule has 2 atom stereocenters. The number of carboxylic acids is 1. The maximum atomic E-state index is 12.2. The number of aliphatic carboxylic acids is 1. The Morgan fingerprint density at radius 1 is 0.710 bits per heavy atom. The third-order valence-corrected chi connectivity index (χ3v) is 14.1. The van der Waals surface area contributed by atoms with Gasteiger partial charge in [0.25, 0.3) is 40.5 Å². The Labute approximate surface area is 362 Å². The van der Waals surface area contributed by atoms with E-state index in [2.05, 4.69) is 0 Å². The SMILES string of the molecule is COCCON1C(=CC=CC=CC=CC2=[N+](CCCCCC(=O)O)c3ccc(S(=O)(=O)O)cc3C2(C)CCCS(=O)(=O)O)C(C)(CCCS(=O)(=O)O)c2cc(S(=O)(=O)O)ccc21. The van der Waals surface area contributed by atoms with Crippen LogP contribution in [0.5, 0.6) is 0 Å². The molecule has 2 aliphatic rings. The Bertz CT molecular complexity index is 2600. The first-order valence-electron chi connectivity index (χ1n) is 19.5. The minimum atomic E-state index is -4.62. The molecule has 0 saturated heterocycles. The van der Waals surface area contributed by atoms with E-state index in [9.17, 15) is 56.7 Å². The van der Waals surface area contributed by atoms with Crippen LogP contribution in [0, 0.1) is 0 Å². The van der Waals surface area contributed by atoms with Gasteiger partial charge in [0.15, 0.2) is 5.71 Å². The van der Waals surface area contributed by atoms with E-state index >= 15 is 0 Å². The van der Waals surface area contributed by atoms with Gasteiger partial charge in [-0.1, -0.05) is 30.4 Å². The maximum absolute atomic E-state index is 12.2. The van der Waals surface area contributed by atoms with Crippen molar-refractivity contribution in [1.82, 2.24) is 0 Å². The summed E-state index contributed by atoms with van der Waals surface area (Å²) in [7, 11) is -16.4. The first-order chi connectivity index (χ1) is 28.8. The van der Waals surface area contributed by atoms with Gasteiger partial charge in [0.2, 0.25) is 5.69 Å². The van der Waals surface area contributed by atoms with Crippen molar-refractivity contribution >= 4 is 63.5 Å². The minimum Gasteiger partial charge on any atom is -0.481 e. The molecule has 4 rings (SSSR count). The quantitative estimate of drug-likeness (QED) is 0.0380. The monoisotopic (exact) mass is 945 g/mol. The number of hydroxylamine groups is 1. The standard InChI is InChI=1S/C40H52N2O16S4/c1-39(21-12-26-59(45,46)47)32-28-30(61(51,52)53)17-19-34(32)41(23-11-7-10-16-38(43)44)36(39)14-8-5-4-6-9-15-37-40(2,22-13-27-60(48,49)50)33-29-31(62(54,55)56)18-20-35(33)42(37)58-25-24-57-3/h4-6,8-9,14-15,17-20,28-29H,7,10-13,16,21-27H2,1-3H3,(H4-,43,44,45,46,47,48,49,50,51,52,53,54,55,56)/p+1. The van der Waals surface area contributed by atoms with E-state index in [0.29, 0.717) is 59.7 Å². The summed E-state index contributed by atoms with van der Waals surface area (Å²) in [6.45, 7) is 4.22. The molecule has 2 aromatic rings. The molecule has 342 valence electrons. The third-order valence-electron chi connectivity index (χ3n) is 10.8. The lowest BCUT2D eigenvalue weighted by molar-refractivity contribution is -0.438. The molecule has 5 N–H and O–H groups in total. The van der Waals surface area contributed by atoms with Gasteiger partial charge in [0, 0.05) is 43.1 Å². The van der Waals surface area contributed by atoms with E-state index in [1.165, 1.54) is 42.5 Å². The summed E-state index contributed by atoms with van der Waals surface area (Å²) in [5.41, 5.74) is 1.01. The van der Waals surface area contributed by atoms with E-state index in [0.717, 1.165) is 0 Å². The Balaban J connectivity index is 1.74. The molecule has 2 aliphatic heterocycles. The molecular formula is C40H53N2O16S4+. The highest BCUT2D eigenvalue weighted by atomic mass is 32.2. The average Bonchev–Trinajstić information content (AvgIpc) is 3.52. The van der Waals surface area contributed by atoms with Crippen LogP contribution in [-0.2, 0) is 65.7 Å². The molecule has 22 heteroatoms. The van der Waals surface area contributed by atoms with Gasteiger partial charge in [0.1, 0.15) is 6.54 Å². The van der Waals surface area contributed by atoms with Crippen molar-refractivity contribution in [3.05, 3.63) is 95.8 Å². The molecule has 0 spiro atoms. The summed E-state index contributed by atoms with van der Waals surface area (Å²) in [5.74, 6) is -2.04. The second kappa shape index (κ2) is 20.6. The first-order valence-corrected chi connectivity index (χ1v) is 25.6. The molecule has 2 unspecified atom stereocenters. The van der Waals surface area contributed by atoms with Crippen molar-refractivity contribution in [1.29, 1.82) is 0 Å². The zero-order valence-corrected chi connectivity index (χ0v) is 37.7. The van der Waals surface area contributed by atoms with E-state index in [4.69, 9.17) is 14.7 Å². The van der Waals surface area contributed by atoms with Crippen LogP contribution < -0.4 is 5.06 Å². The predicted octanol–water partition coefficient (Wildman–Crippen LogP) is 5.43. The number of hydrogen-bond donors (Lipinski definition) is 5. The van der Waals surface area contributed by atoms with Crippen LogP contribution in [0.2, 0.25) is 0 Å². The highest BCUT2D eigenvalue weighted by molar-refractivity contribution is 7.86. The van der Waals surface area contributed by atoms with Crippen LogP contribution >= 0.6 is 0 Å². The topological polar surface area (TPSA) is 279 Å². The highest BCUT2D eigenvalue weighted by Crippen LogP contribution is 2.51. The third kappa shape index (κ3) is 13.2. The lowest BCUT2D eigenvalue weighted by Gasteiger charge is -2.29. The number of carboxylic acid groups (broad SMARTS) is 1. The van der Waals surface area contributed by atoms with Gasteiger partial charge in [0.05, 0.1) is 51.3 Å². The molecule has 2 aromatic carbocycles. The zero-order valence-electron chi connectivity index (χ0n) is 34.5. The van der Waals surface area contributed by atoms with Crippen LogP contribution in [0.15, 0.2) is 94.4 Å². The van der Waals surface area contributed by atoms with E-state index in [-0.39, 0.29) is 55.1 Å². The number of anilines is 1. The number of hydrogen-bond acceptors (Lipinski definition) is 12. The minimum absolute atomic E-state index is 0.00381. The van der Waals surface area contributed by atoms with Crippen LogP contribution in [-0.4, -0.2) is 112 Å². The smallest absolute Gasteiger partial charge is 0.303 e. The Kier molecular flexibility index (Phi) is 16.8. The maximum Gasteiger partial charge on any atom is 0.303 e. The van der Waals surface area contributed by atoms with Crippen molar-refractivity contribution < 1.29 is 75.9 Å². The van der Waals surface area contributed by atoms with Crippen molar-refractivity contribution in [2.75, 3.05) is 43.4 Å². The van der Waals surface area contributed by atoms with Gasteiger partial charge < -0.3 is 9.84 Å². The molecule has 0 bridgehead atoms. The largest absolute Gasteiger partial charge is 0.481 e. The average molecular weight is 946 g/mol. The fourth-order valence-electron chi connectivity index (χ4n) is 7.77. The molecule has 0 aliphatic carbocycles. The van der Waals surface area contributed by atoms with Crippen LogP contribution in [0.3, 0.4) is 0 Å². The summed E-state index contributed by atoms with van der Waals surface area (Å²) < 4.78 is 141. The Morgan fingerprint density at radius 3 is 1.85 bits per heavy atom. The van der Waals surface area contributed by atoms with E-state index < -0.39 is 68.8 Å². The fraction of sp³-hybridized carbons (Fsp3) is 0.450. The van der Waals surface area contributed by atoms with Gasteiger partial charge in [-0.3, -0.25) is 27.8 Å². The van der Waals surface area contributed by atoms with Crippen molar-refractivity contribution in [2.45, 2.75) is 85.8 Å². The number of nitrogens with zero attached hydrogens (tertiary/aromatic N) is 2. The number of methoxy groups -OCH3 is 1. The molecule has 62 heavy (non-hydrogen) atoms. The highest BCUT2D eigenvalue weighted by Gasteiger charge is 2.48. The summed E-state index contributed by atoms with van der Waals surface area (Å²) in [6.07, 6.45) is 13.7. The second-order valence-corrected chi connectivity index (χ2v) is 21.3. The molecule has 18 nitrogen and oxygen atoms in total.